The molecule has 0 fully saturated rings. The van der Waals surface area contributed by atoms with Crippen molar-refractivity contribution < 1.29 is 0 Å². The number of hydrogen-bond acceptors (Lipinski definition) is 3. The molecular formula is C18H23N3O2. The minimum absolute atomic E-state index is 0.128. The predicted octanol–water partition coefficient (Wildman–Crippen LogP) is 1.46. The molecule has 5 nitrogen and oxygen atoms in total. The molecule has 1 aliphatic rings. The lowest BCUT2D eigenvalue weighted by atomic mass is 10.1. The number of nitrogens with zero attached hydrogens (tertiary/aromatic N) is 3. The molecule has 1 aromatic heterocycles. The predicted molar refractivity (Wildman–Crippen MR) is 90.8 cm³/mol. The highest BCUT2D eigenvalue weighted by molar-refractivity contribution is 5.23. The summed E-state index contributed by atoms with van der Waals surface area (Å²) in [6.45, 7) is 7.46. The Morgan fingerprint density at radius 2 is 1.74 bits per heavy atom. The third-order valence-electron chi connectivity index (χ3n) is 4.63. The third kappa shape index (κ3) is 2.88. The summed E-state index contributed by atoms with van der Waals surface area (Å²) in [5.74, 6) is 0. The van der Waals surface area contributed by atoms with E-state index in [0.717, 1.165) is 36.3 Å². The van der Waals surface area contributed by atoms with Gasteiger partial charge in [-0.3, -0.25) is 18.8 Å². The fourth-order valence-electron chi connectivity index (χ4n) is 3.31. The van der Waals surface area contributed by atoms with Gasteiger partial charge in [-0.1, -0.05) is 37.3 Å². The quantitative estimate of drug-likeness (QED) is 0.858. The molecule has 2 heterocycles. The van der Waals surface area contributed by atoms with Crippen LogP contribution in [0.1, 0.15) is 30.7 Å². The molecule has 0 unspecified atom stereocenters. The van der Waals surface area contributed by atoms with Gasteiger partial charge in [0.05, 0.1) is 12.1 Å². The summed E-state index contributed by atoms with van der Waals surface area (Å²) in [5.41, 5.74) is 2.37. The minimum atomic E-state index is -0.190. The number of rotatable bonds is 4. The summed E-state index contributed by atoms with van der Waals surface area (Å²) in [5, 5.41) is 0. The first-order chi connectivity index (χ1) is 11.2. The Kier molecular flexibility index (Phi) is 4.48. The Labute approximate surface area is 135 Å². The lowest BCUT2D eigenvalue weighted by Crippen LogP contribution is -2.47. The van der Waals surface area contributed by atoms with Crippen molar-refractivity contribution in [1.82, 2.24) is 14.0 Å². The van der Waals surface area contributed by atoms with Crippen LogP contribution in [0.25, 0.3) is 0 Å². The molecule has 0 spiro atoms. The van der Waals surface area contributed by atoms with E-state index in [2.05, 4.69) is 11.8 Å². The summed E-state index contributed by atoms with van der Waals surface area (Å²) < 4.78 is 3.16. The van der Waals surface area contributed by atoms with Gasteiger partial charge in [-0.25, -0.2) is 4.79 Å². The molecule has 0 amide bonds. The first-order valence-corrected chi connectivity index (χ1v) is 8.27. The monoisotopic (exact) mass is 313 g/mol. The smallest absolute Gasteiger partial charge is 0.299 e. The molecule has 122 valence electrons. The van der Waals surface area contributed by atoms with Crippen LogP contribution in [0.5, 0.6) is 0 Å². The van der Waals surface area contributed by atoms with E-state index >= 15 is 0 Å². The molecule has 0 saturated heterocycles. The molecule has 1 aliphatic heterocycles. The largest absolute Gasteiger partial charge is 0.331 e. The van der Waals surface area contributed by atoms with E-state index in [9.17, 15) is 9.59 Å². The van der Waals surface area contributed by atoms with Gasteiger partial charge in [-0.05, 0) is 19.0 Å². The molecule has 0 aliphatic carbocycles. The third-order valence-corrected chi connectivity index (χ3v) is 4.63. The Balaban J connectivity index is 2.13. The number of hydrogen-bond donors (Lipinski definition) is 0. The van der Waals surface area contributed by atoms with E-state index in [4.69, 9.17) is 0 Å². The highest BCUT2D eigenvalue weighted by Crippen LogP contribution is 2.14. The van der Waals surface area contributed by atoms with E-state index in [1.807, 2.05) is 37.3 Å². The summed E-state index contributed by atoms with van der Waals surface area (Å²) >= 11 is 0. The molecule has 2 aromatic rings. The van der Waals surface area contributed by atoms with E-state index in [0.29, 0.717) is 19.6 Å². The van der Waals surface area contributed by atoms with Crippen LogP contribution in [0.3, 0.4) is 0 Å². The average Bonchev–Trinajstić information content (AvgIpc) is 2.60. The van der Waals surface area contributed by atoms with Gasteiger partial charge >= 0.3 is 5.69 Å². The Morgan fingerprint density at radius 1 is 1.00 bits per heavy atom. The van der Waals surface area contributed by atoms with Gasteiger partial charge in [-0.2, -0.15) is 0 Å². The van der Waals surface area contributed by atoms with Crippen LogP contribution in [-0.4, -0.2) is 27.1 Å². The van der Waals surface area contributed by atoms with Crippen molar-refractivity contribution in [3.63, 3.8) is 0 Å². The Morgan fingerprint density at radius 3 is 2.39 bits per heavy atom. The zero-order chi connectivity index (χ0) is 16.4. The normalized spacial score (nSPS) is 14.7. The first kappa shape index (κ1) is 15.7. The fraction of sp³-hybridized carbons (Fsp3) is 0.444. The maximum atomic E-state index is 12.9. The summed E-state index contributed by atoms with van der Waals surface area (Å²) in [6.07, 6.45) is 0.771. The fourth-order valence-corrected chi connectivity index (χ4v) is 3.31. The standard InChI is InChI=1S/C18H23N3O2/c1-3-19-11-10-16-15(13-19)17(22)21(18(23)20(16)4-2)12-14-8-6-5-7-9-14/h5-9H,3-4,10-13H2,1-2H3. The van der Waals surface area contributed by atoms with Crippen molar-refractivity contribution in [3.05, 3.63) is 68.0 Å². The average molecular weight is 313 g/mol. The number of fused-ring (bicyclic) bond motifs is 1. The minimum Gasteiger partial charge on any atom is -0.299 e. The van der Waals surface area contributed by atoms with Gasteiger partial charge in [0, 0.05) is 31.7 Å². The van der Waals surface area contributed by atoms with Crippen molar-refractivity contribution in [1.29, 1.82) is 0 Å². The second kappa shape index (κ2) is 6.54. The van der Waals surface area contributed by atoms with E-state index in [-0.39, 0.29) is 11.2 Å². The van der Waals surface area contributed by atoms with Crippen LogP contribution < -0.4 is 11.2 Å². The zero-order valence-corrected chi connectivity index (χ0v) is 13.8. The second-order valence-electron chi connectivity index (χ2n) is 5.95. The molecular weight excluding hydrogens is 290 g/mol. The highest BCUT2D eigenvalue weighted by atomic mass is 16.2. The Hall–Kier alpha value is -2.14. The van der Waals surface area contributed by atoms with E-state index in [1.54, 1.807) is 4.57 Å². The van der Waals surface area contributed by atoms with Crippen molar-refractivity contribution >= 4 is 0 Å². The molecule has 0 atom stereocenters. The molecule has 0 saturated carbocycles. The van der Waals surface area contributed by atoms with Gasteiger partial charge in [0.1, 0.15) is 0 Å². The van der Waals surface area contributed by atoms with Gasteiger partial charge in [0.15, 0.2) is 0 Å². The molecule has 1 aromatic carbocycles. The number of benzene rings is 1. The lowest BCUT2D eigenvalue weighted by molar-refractivity contribution is 0.257. The lowest BCUT2D eigenvalue weighted by Gasteiger charge is -2.29. The van der Waals surface area contributed by atoms with Crippen LogP contribution in [0.15, 0.2) is 39.9 Å². The van der Waals surface area contributed by atoms with E-state index < -0.39 is 0 Å². The van der Waals surface area contributed by atoms with Crippen LogP contribution in [0, 0.1) is 0 Å². The van der Waals surface area contributed by atoms with E-state index in [1.165, 1.54) is 4.57 Å². The SMILES string of the molecule is CCN1CCc2c(c(=O)n(Cc3ccccc3)c(=O)n2CC)C1. The zero-order valence-electron chi connectivity index (χ0n) is 13.8. The van der Waals surface area contributed by atoms with Crippen molar-refractivity contribution in [3.8, 4) is 0 Å². The van der Waals surface area contributed by atoms with Crippen molar-refractivity contribution in [2.24, 2.45) is 0 Å². The number of likely N-dealkylation sites (N-methyl/N-ethyl adjacent to an activating group) is 1. The summed E-state index contributed by atoms with van der Waals surface area (Å²) in [4.78, 5) is 27.9. The maximum absolute atomic E-state index is 12.9. The molecule has 0 radical (unpaired) electrons. The van der Waals surface area contributed by atoms with Crippen LogP contribution in [0.2, 0.25) is 0 Å². The van der Waals surface area contributed by atoms with Gasteiger partial charge in [0.2, 0.25) is 0 Å². The van der Waals surface area contributed by atoms with Crippen LogP contribution in [0.4, 0.5) is 0 Å². The van der Waals surface area contributed by atoms with Gasteiger partial charge < -0.3 is 0 Å². The van der Waals surface area contributed by atoms with Crippen LogP contribution >= 0.6 is 0 Å². The topological polar surface area (TPSA) is 47.2 Å². The second-order valence-corrected chi connectivity index (χ2v) is 5.95. The Bertz CT molecular complexity index is 805. The summed E-state index contributed by atoms with van der Waals surface area (Å²) in [6, 6.07) is 9.68. The first-order valence-electron chi connectivity index (χ1n) is 8.27. The molecule has 0 N–H and O–H groups in total. The summed E-state index contributed by atoms with van der Waals surface area (Å²) in [7, 11) is 0. The maximum Gasteiger partial charge on any atom is 0.331 e. The molecule has 3 rings (SSSR count). The van der Waals surface area contributed by atoms with Gasteiger partial charge in [-0.15, -0.1) is 0 Å². The van der Waals surface area contributed by atoms with Gasteiger partial charge in [0.25, 0.3) is 5.56 Å². The molecule has 0 bridgehead atoms. The van der Waals surface area contributed by atoms with Crippen molar-refractivity contribution in [2.45, 2.75) is 39.9 Å². The van der Waals surface area contributed by atoms with Crippen LogP contribution in [-0.2, 0) is 26.1 Å². The highest BCUT2D eigenvalue weighted by Gasteiger charge is 2.24. The molecule has 23 heavy (non-hydrogen) atoms. The molecule has 5 heteroatoms. The van der Waals surface area contributed by atoms with Crippen molar-refractivity contribution in [2.75, 3.05) is 13.1 Å². The number of aromatic nitrogens is 2.